The van der Waals surface area contributed by atoms with Crippen molar-refractivity contribution in [2.45, 2.75) is 65.0 Å². The molecule has 0 radical (unpaired) electrons. The summed E-state index contributed by atoms with van der Waals surface area (Å²) in [5.41, 5.74) is 4.79. The van der Waals surface area contributed by atoms with E-state index in [1.54, 1.807) is 0 Å². The molecular formula is C30H38N4O4S. The molecular weight excluding hydrogens is 512 g/mol. The number of aliphatic imine (C=N–C) groups is 1. The number of benzene rings is 2. The number of aryl methyl sites for hydroxylation is 1. The van der Waals surface area contributed by atoms with E-state index in [-0.39, 0.29) is 41.3 Å². The van der Waals surface area contributed by atoms with Crippen LogP contribution in [0.5, 0.6) is 0 Å². The van der Waals surface area contributed by atoms with E-state index >= 15 is 0 Å². The maximum Gasteiger partial charge on any atom is 0.278 e. The van der Waals surface area contributed by atoms with Gasteiger partial charge >= 0.3 is 0 Å². The van der Waals surface area contributed by atoms with Crippen LogP contribution < -0.4 is 15.1 Å². The predicted molar refractivity (Wildman–Crippen MR) is 155 cm³/mol. The molecule has 9 heteroatoms. The lowest BCUT2D eigenvalue weighted by molar-refractivity contribution is -0.126. The van der Waals surface area contributed by atoms with Crippen molar-refractivity contribution in [3.05, 3.63) is 59.2 Å². The number of amides is 2. The number of fused-ring (bicyclic) bond motifs is 1. The summed E-state index contributed by atoms with van der Waals surface area (Å²) in [5, 5.41) is 3.05. The monoisotopic (exact) mass is 550 g/mol. The van der Waals surface area contributed by atoms with Crippen LogP contribution in [0.1, 0.15) is 61.0 Å². The minimum Gasteiger partial charge on any atom is -0.369 e. The van der Waals surface area contributed by atoms with Crippen LogP contribution in [-0.2, 0) is 21.1 Å². The number of sulfone groups is 1. The van der Waals surface area contributed by atoms with Gasteiger partial charge < -0.3 is 15.1 Å². The summed E-state index contributed by atoms with van der Waals surface area (Å²) in [6, 6.07) is 14.0. The van der Waals surface area contributed by atoms with Crippen LogP contribution in [0.15, 0.2) is 47.5 Å². The Balaban J connectivity index is 1.42. The molecule has 5 rings (SSSR count). The zero-order chi connectivity index (χ0) is 27.7. The van der Waals surface area contributed by atoms with Gasteiger partial charge in [-0.3, -0.25) is 9.59 Å². The van der Waals surface area contributed by atoms with Gasteiger partial charge in [0.05, 0.1) is 11.5 Å². The average molecular weight is 551 g/mol. The largest absolute Gasteiger partial charge is 0.369 e. The zero-order valence-corrected chi connectivity index (χ0v) is 23.8. The number of carbonyl (C=O) groups excluding carboxylic acids is 2. The Morgan fingerprint density at radius 2 is 1.64 bits per heavy atom. The minimum atomic E-state index is -2.98. The summed E-state index contributed by atoms with van der Waals surface area (Å²) in [4.78, 5) is 34.8. The van der Waals surface area contributed by atoms with Gasteiger partial charge in [0.15, 0.2) is 9.84 Å². The van der Waals surface area contributed by atoms with Gasteiger partial charge in [-0.2, -0.15) is 4.99 Å². The van der Waals surface area contributed by atoms with E-state index in [0.717, 1.165) is 54.0 Å². The second kappa shape index (κ2) is 11.1. The lowest BCUT2D eigenvalue weighted by atomic mass is 9.84. The molecule has 208 valence electrons. The van der Waals surface area contributed by atoms with E-state index in [2.05, 4.69) is 32.2 Å². The highest BCUT2D eigenvalue weighted by atomic mass is 32.2. The molecule has 39 heavy (non-hydrogen) atoms. The van der Waals surface area contributed by atoms with Crippen molar-refractivity contribution in [3.63, 3.8) is 0 Å². The van der Waals surface area contributed by atoms with Crippen molar-refractivity contribution in [3.8, 4) is 0 Å². The van der Waals surface area contributed by atoms with Crippen LogP contribution in [0.3, 0.4) is 0 Å². The first-order valence-corrected chi connectivity index (χ1v) is 15.8. The highest BCUT2D eigenvalue weighted by Gasteiger charge is 2.37. The molecule has 2 aromatic rings. The highest BCUT2D eigenvalue weighted by molar-refractivity contribution is 7.91. The fourth-order valence-corrected chi connectivity index (χ4v) is 7.07. The summed E-state index contributed by atoms with van der Waals surface area (Å²) in [6.45, 7) is 6.90. The summed E-state index contributed by atoms with van der Waals surface area (Å²) in [6.07, 6.45) is 3.81. The van der Waals surface area contributed by atoms with Crippen LogP contribution in [0, 0.1) is 12.8 Å². The van der Waals surface area contributed by atoms with Crippen molar-refractivity contribution in [2.75, 3.05) is 34.4 Å². The first-order chi connectivity index (χ1) is 18.6. The number of rotatable bonds is 5. The zero-order valence-electron chi connectivity index (χ0n) is 23.0. The van der Waals surface area contributed by atoms with E-state index in [9.17, 15) is 18.0 Å². The molecule has 0 aromatic heterocycles. The Kier molecular flexibility index (Phi) is 7.80. The van der Waals surface area contributed by atoms with E-state index in [4.69, 9.17) is 0 Å². The molecule has 3 aliphatic rings. The third kappa shape index (κ3) is 6.19. The topological polar surface area (TPSA) is 99.2 Å². The Bertz CT molecular complexity index is 1360. The fourth-order valence-electron chi connectivity index (χ4n) is 5.87. The Hall–Kier alpha value is -3.20. The second-order valence-electron chi connectivity index (χ2n) is 11.4. The maximum absolute atomic E-state index is 13.2. The maximum atomic E-state index is 13.2. The number of nitrogens with one attached hydrogen (secondary N) is 1. The van der Waals surface area contributed by atoms with Crippen molar-refractivity contribution in [1.29, 1.82) is 0 Å². The van der Waals surface area contributed by atoms with E-state index in [0.29, 0.717) is 25.1 Å². The average Bonchev–Trinajstić information content (AvgIpc) is 3.25. The summed E-state index contributed by atoms with van der Waals surface area (Å²) >= 11 is 0. The molecule has 0 unspecified atom stereocenters. The number of hydrogen-bond acceptors (Lipinski definition) is 5. The van der Waals surface area contributed by atoms with Gasteiger partial charge in [-0.25, -0.2) is 8.42 Å². The number of nitrogens with zero attached hydrogens (tertiary/aromatic N) is 3. The fraction of sp³-hybridized carbons (Fsp3) is 0.500. The number of anilines is 2. The van der Waals surface area contributed by atoms with E-state index in [1.807, 2.05) is 51.1 Å². The lowest BCUT2D eigenvalue weighted by Crippen LogP contribution is -2.44. The second-order valence-corrected chi connectivity index (χ2v) is 13.7. The lowest BCUT2D eigenvalue weighted by Gasteiger charge is -2.36. The number of carbonyl (C=O) groups is 2. The van der Waals surface area contributed by atoms with E-state index in [1.165, 1.54) is 0 Å². The quantitative estimate of drug-likeness (QED) is 0.606. The van der Waals surface area contributed by atoms with Gasteiger partial charge in [-0.05, 0) is 76.3 Å². The van der Waals surface area contributed by atoms with Crippen LogP contribution >= 0.6 is 0 Å². The normalized spacial score (nSPS) is 23.6. The molecule has 1 saturated carbocycles. The molecule has 0 spiro atoms. The number of hydrogen-bond donors (Lipinski definition) is 1. The number of amidine groups is 1. The van der Waals surface area contributed by atoms with Crippen molar-refractivity contribution in [2.24, 2.45) is 10.9 Å². The summed E-state index contributed by atoms with van der Waals surface area (Å²) in [5.74, 6) is 0.929. The first-order valence-electron chi connectivity index (χ1n) is 14.0. The van der Waals surface area contributed by atoms with Gasteiger partial charge in [0.2, 0.25) is 5.91 Å². The molecule has 0 atom stereocenters. The van der Waals surface area contributed by atoms with Crippen LogP contribution in [-0.4, -0.2) is 62.7 Å². The van der Waals surface area contributed by atoms with Gasteiger partial charge in [0.1, 0.15) is 5.84 Å². The summed E-state index contributed by atoms with van der Waals surface area (Å²) < 4.78 is 24.0. The molecule has 2 fully saturated rings. The Morgan fingerprint density at radius 3 is 2.28 bits per heavy atom. The molecule has 2 aliphatic heterocycles. The molecule has 1 N–H and O–H groups in total. The van der Waals surface area contributed by atoms with E-state index < -0.39 is 9.84 Å². The van der Waals surface area contributed by atoms with Crippen LogP contribution in [0.25, 0.3) is 0 Å². The summed E-state index contributed by atoms with van der Waals surface area (Å²) in [7, 11) is -2.98. The predicted octanol–water partition coefficient (Wildman–Crippen LogP) is 3.91. The third-order valence-corrected chi connectivity index (χ3v) is 9.67. The van der Waals surface area contributed by atoms with Gasteiger partial charge in [0, 0.05) is 54.5 Å². The molecule has 0 bridgehead atoms. The standard InChI is InChI=1S/C30H38N4O4S/c1-20(2)31-29(35)23-8-11-25(12-9-23)34-27-19-26(33-14-16-39(37,38)17-15-33)13-10-24(27)18-28(34)32-30(36)22-6-4-21(3)5-7-22/h4-7,10,13,19-20,23,25H,8-9,11-12,14-18H2,1-3H3,(H,31,35). The molecule has 2 heterocycles. The molecule has 2 amide bonds. The molecule has 1 saturated heterocycles. The highest BCUT2D eigenvalue weighted by Crippen LogP contribution is 2.39. The molecule has 2 aromatic carbocycles. The van der Waals surface area contributed by atoms with Gasteiger partial charge in [-0.15, -0.1) is 0 Å². The Labute approximate surface area is 231 Å². The van der Waals surface area contributed by atoms with Crippen molar-refractivity contribution < 1.29 is 18.0 Å². The van der Waals surface area contributed by atoms with Crippen molar-refractivity contribution >= 4 is 38.9 Å². The first kappa shape index (κ1) is 27.4. The van der Waals surface area contributed by atoms with Gasteiger partial charge in [-0.1, -0.05) is 23.8 Å². The SMILES string of the molecule is Cc1ccc(C(=O)N=C2Cc3ccc(N4CCS(=O)(=O)CC4)cc3N2C2CCC(C(=O)NC(C)C)CC2)cc1. The molecule has 1 aliphatic carbocycles. The van der Waals surface area contributed by atoms with Crippen molar-refractivity contribution in [1.82, 2.24) is 5.32 Å². The minimum absolute atomic E-state index is 0.00179. The van der Waals surface area contributed by atoms with Gasteiger partial charge in [0.25, 0.3) is 5.91 Å². The van der Waals surface area contributed by atoms with Crippen LogP contribution in [0.4, 0.5) is 11.4 Å². The molecule has 8 nitrogen and oxygen atoms in total. The Morgan fingerprint density at radius 1 is 0.974 bits per heavy atom. The smallest absolute Gasteiger partial charge is 0.278 e. The third-order valence-electron chi connectivity index (χ3n) is 8.06. The van der Waals surface area contributed by atoms with Crippen LogP contribution in [0.2, 0.25) is 0 Å².